The van der Waals surface area contributed by atoms with Gasteiger partial charge in [-0.3, -0.25) is 4.99 Å². The highest BCUT2D eigenvalue weighted by Crippen LogP contribution is 2.20. The summed E-state index contributed by atoms with van der Waals surface area (Å²) in [6.07, 6.45) is 2.06. The van der Waals surface area contributed by atoms with Gasteiger partial charge in [0.25, 0.3) is 0 Å². The van der Waals surface area contributed by atoms with Crippen LogP contribution in [0.25, 0.3) is 0 Å². The molecular weight excluding hydrogens is 320 g/mol. The van der Waals surface area contributed by atoms with Gasteiger partial charge < -0.3 is 10.6 Å². The van der Waals surface area contributed by atoms with E-state index in [4.69, 9.17) is 0 Å². The minimum atomic E-state index is -3.20. The van der Waals surface area contributed by atoms with E-state index in [1.54, 1.807) is 11.8 Å². The molecular formula is C14H32N4O2S2. The van der Waals surface area contributed by atoms with Gasteiger partial charge in [0.1, 0.15) is 0 Å². The molecule has 0 aromatic carbocycles. The Hall–Kier alpha value is -0.470. The van der Waals surface area contributed by atoms with Gasteiger partial charge in [0.2, 0.25) is 10.0 Å². The number of thioether (sulfide) groups is 1. The SMILES string of the molecule is CCNC(=NCC(C)(C)SC)NCCS(=O)(=O)N(CC)CC. The van der Waals surface area contributed by atoms with Gasteiger partial charge in [0.15, 0.2) is 5.96 Å². The van der Waals surface area contributed by atoms with Crippen LogP contribution in [0.5, 0.6) is 0 Å². The van der Waals surface area contributed by atoms with E-state index >= 15 is 0 Å². The molecule has 0 rings (SSSR count). The molecule has 0 aromatic heterocycles. The first-order chi connectivity index (χ1) is 10.2. The monoisotopic (exact) mass is 352 g/mol. The normalized spacial score (nSPS) is 13.5. The van der Waals surface area contributed by atoms with Crippen molar-refractivity contribution in [2.24, 2.45) is 4.99 Å². The number of hydrogen-bond donors (Lipinski definition) is 2. The lowest BCUT2D eigenvalue weighted by Gasteiger charge is -2.21. The number of nitrogens with zero attached hydrogens (tertiary/aromatic N) is 2. The molecule has 0 bridgehead atoms. The highest BCUT2D eigenvalue weighted by Gasteiger charge is 2.19. The quantitative estimate of drug-likeness (QED) is 0.459. The van der Waals surface area contributed by atoms with Gasteiger partial charge in [0.05, 0.1) is 12.3 Å². The van der Waals surface area contributed by atoms with Crippen molar-refractivity contribution in [2.45, 2.75) is 39.4 Å². The average Bonchev–Trinajstić information content (AvgIpc) is 2.45. The Balaban J connectivity index is 4.57. The minimum absolute atomic E-state index is 0.0651. The number of aliphatic imine (C=N–C) groups is 1. The molecule has 0 fully saturated rings. The first kappa shape index (κ1) is 21.5. The maximum atomic E-state index is 12.1. The largest absolute Gasteiger partial charge is 0.357 e. The molecule has 22 heavy (non-hydrogen) atoms. The Morgan fingerprint density at radius 1 is 1.18 bits per heavy atom. The second-order valence-electron chi connectivity index (χ2n) is 5.49. The maximum absolute atomic E-state index is 12.1. The van der Waals surface area contributed by atoms with E-state index in [1.807, 2.05) is 20.8 Å². The molecule has 0 spiro atoms. The zero-order chi connectivity index (χ0) is 17.2. The predicted molar refractivity (Wildman–Crippen MR) is 98.3 cm³/mol. The topological polar surface area (TPSA) is 73.8 Å². The van der Waals surface area contributed by atoms with Crippen LogP contribution in [0, 0.1) is 0 Å². The van der Waals surface area contributed by atoms with Crippen molar-refractivity contribution in [3.63, 3.8) is 0 Å². The molecule has 0 aromatic rings. The van der Waals surface area contributed by atoms with Crippen molar-refractivity contribution in [3.05, 3.63) is 0 Å². The van der Waals surface area contributed by atoms with Gasteiger partial charge in [-0.05, 0) is 27.0 Å². The Morgan fingerprint density at radius 3 is 2.23 bits per heavy atom. The van der Waals surface area contributed by atoms with Crippen LogP contribution in [0.3, 0.4) is 0 Å². The van der Waals surface area contributed by atoms with Crippen LogP contribution in [-0.2, 0) is 10.0 Å². The summed E-state index contributed by atoms with van der Waals surface area (Å²) < 4.78 is 25.8. The fourth-order valence-electron chi connectivity index (χ4n) is 1.72. The standard InChI is InChI=1S/C14H32N4O2S2/c1-7-15-13(17-12-14(4,5)21-6)16-10-11-22(19,20)18(8-2)9-3/h7-12H2,1-6H3,(H2,15,16,17). The fraction of sp³-hybridized carbons (Fsp3) is 0.929. The van der Waals surface area contributed by atoms with Crippen molar-refractivity contribution in [1.82, 2.24) is 14.9 Å². The Morgan fingerprint density at radius 2 is 1.77 bits per heavy atom. The molecule has 0 saturated heterocycles. The van der Waals surface area contributed by atoms with Gasteiger partial charge in [-0.25, -0.2) is 12.7 Å². The first-order valence-electron chi connectivity index (χ1n) is 7.77. The molecule has 0 aliphatic rings. The van der Waals surface area contributed by atoms with Crippen LogP contribution in [-0.4, -0.2) is 68.2 Å². The molecule has 0 atom stereocenters. The van der Waals surface area contributed by atoms with Crippen molar-refractivity contribution in [3.8, 4) is 0 Å². The van der Waals surface area contributed by atoms with Crippen LogP contribution in [0.1, 0.15) is 34.6 Å². The average molecular weight is 353 g/mol. The molecule has 2 N–H and O–H groups in total. The number of sulfonamides is 1. The van der Waals surface area contributed by atoms with Crippen LogP contribution in [0.15, 0.2) is 4.99 Å². The van der Waals surface area contributed by atoms with Crippen LogP contribution in [0.2, 0.25) is 0 Å². The Kier molecular flexibility index (Phi) is 10.1. The zero-order valence-electron chi connectivity index (χ0n) is 14.8. The van der Waals surface area contributed by atoms with Crippen molar-refractivity contribution < 1.29 is 8.42 Å². The third-order valence-electron chi connectivity index (χ3n) is 3.27. The molecule has 0 saturated carbocycles. The summed E-state index contributed by atoms with van der Waals surface area (Å²) >= 11 is 1.76. The van der Waals surface area contributed by atoms with Crippen LogP contribution < -0.4 is 10.6 Å². The molecule has 0 radical (unpaired) electrons. The summed E-state index contributed by atoms with van der Waals surface area (Å²) in [7, 11) is -3.20. The molecule has 0 aliphatic heterocycles. The van der Waals surface area contributed by atoms with Crippen molar-refractivity contribution in [2.75, 3.05) is 44.7 Å². The van der Waals surface area contributed by atoms with Gasteiger partial charge in [0, 0.05) is 30.9 Å². The number of hydrogen-bond acceptors (Lipinski definition) is 4. The number of nitrogens with one attached hydrogen (secondary N) is 2. The van der Waals surface area contributed by atoms with E-state index in [0.717, 1.165) is 6.54 Å². The van der Waals surface area contributed by atoms with E-state index in [9.17, 15) is 8.42 Å². The second kappa shape index (κ2) is 10.3. The molecule has 132 valence electrons. The van der Waals surface area contributed by atoms with Crippen LogP contribution in [0.4, 0.5) is 0 Å². The molecule has 0 unspecified atom stereocenters. The lowest BCUT2D eigenvalue weighted by molar-refractivity contribution is 0.445. The lowest BCUT2D eigenvalue weighted by atomic mass is 10.2. The Labute approximate surface area is 140 Å². The van der Waals surface area contributed by atoms with Gasteiger partial charge in [-0.2, -0.15) is 11.8 Å². The molecule has 0 amide bonds. The molecule has 0 aliphatic carbocycles. The fourth-order valence-corrected chi connectivity index (χ4v) is 3.32. The smallest absolute Gasteiger partial charge is 0.215 e. The van der Waals surface area contributed by atoms with E-state index in [-0.39, 0.29) is 10.5 Å². The maximum Gasteiger partial charge on any atom is 0.215 e. The van der Waals surface area contributed by atoms with E-state index < -0.39 is 10.0 Å². The van der Waals surface area contributed by atoms with Crippen molar-refractivity contribution >= 4 is 27.7 Å². The number of rotatable bonds is 10. The minimum Gasteiger partial charge on any atom is -0.357 e. The summed E-state index contributed by atoms with van der Waals surface area (Å²) in [5, 5.41) is 6.24. The molecule has 0 heterocycles. The van der Waals surface area contributed by atoms with E-state index in [1.165, 1.54) is 4.31 Å². The third-order valence-corrected chi connectivity index (χ3v) is 6.52. The van der Waals surface area contributed by atoms with Gasteiger partial charge in [-0.15, -0.1) is 0 Å². The van der Waals surface area contributed by atoms with Gasteiger partial charge >= 0.3 is 0 Å². The lowest BCUT2D eigenvalue weighted by Crippen LogP contribution is -2.42. The summed E-state index contributed by atoms with van der Waals surface area (Å²) in [6, 6.07) is 0. The van der Waals surface area contributed by atoms with E-state index in [2.05, 4.69) is 35.7 Å². The van der Waals surface area contributed by atoms with E-state index in [0.29, 0.717) is 32.1 Å². The third kappa shape index (κ3) is 8.24. The summed E-state index contributed by atoms with van der Waals surface area (Å²) in [4.78, 5) is 4.53. The molecule has 6 nitrogen and oxygen atoms in total. The van der Waals surface area contributed by atoms with Gasteiger partial charge in [-0.1, -0.05) is 13.8 Å². The number of guanidine groups is 1. The Bertz CT molecular complexity index is 432. The highest BCUT2D eigenvalue weighted by atomic mass is 32.2. The molecule has 8 heteroatoms. The summed E-state index contributed by atoms with van der Waals surface area (Å²) in [5.41, 5.74) is 0. The summed E-state index contributed by atoms with van der Waals surface area (Å²) in [5.74, 6) is 0.741. The first-order valence-corrected chi connectivity index (χ1v) is 10.6. The second-order valence-corrected chi connectivity index (χ2v) is 9.09. The highest BCUT2D eigenvalue weighted by molar-refractivity contribution is 7.99. The van der Waals surface area contributed by atoms with Crippen LogP contribution >= 0.6 is 11.8 Å². The summed E-state index contributed by atoms with van der Waals surface area (Å²) in [6.45, 7) is 12.7. The van der Waals surface area contributed by atoms with Crippen molar-refractivity contribution in [1.29, 1.82) is 0 Å². The predicted octanol–water partition coefficient (Wildman–Crippen LogP) is 1.35. The zero-order valence-corrected chi connectivity index (χ0v) is 16.4.